The van der Waals surface area contributed by atoms with Gasteiger partial charge in [-0.2, -0.15) is 0 Å². The first-order chi connectivity index (χ1) is 9.52. The van der Waals surface area contributed by atoms with Gasteiger partial charge in [-0.05, 0) is 42.7 Å². The highest BCUT2D eigenvalue weighted by molar-refractivity contribution is 5.96. The molecule has 0 saturated heterocycles. The van der Waals surface area contributed by atoms with Crippen molar-refractivity contribution in [3.8, 4) is 0 Å². The molecule has 0 spiro atoms. The van der Waals surface area contributed by atoms with Crippen LogP contribution in [0, 0.1) is 13.8 Å². The summed E-state index contributed by atoms with van der Waals surface area (Å²) >= 11 is 0. The lowest BCUT2D eigenvalue weighted by molar-refractivity contribution is 0.318. The molecule has 1 aromatic carbocycles. The third kappa shape index (κ3) is 2.71. The molecule has 2 aromatic rings. The monoisotopic (exact) mass is 271 g/mol. The van der Waals surface area contributed by atoms with Crippen LogP contribution in [-0.2, 0) is 6.54 Å². The number of pyridine rings is 1. The van der Waals surface area contributed by atoms with Crippen molar-refractivity contribution < 1.29 is 5.21 Å². The first kappa shape index (κ1) is 13.9. The van der Waals surface area contributed by atoms with Gasteiger partial charge in [-0.1, -0.05) is 23.4 Å². The van der Waals surface area contributed by atoms with Crippen molar-refractivity contribution >= 4 is 5.84 Å². The number of nitrogens with zero attached hydrogens (tertiary/aromatic N) is 2. The van der Waals surface area contributed by atoms with E-state index in [1.165, 1.54) is 21.8 Å². The Labute approximate surface area is 117 Å². The highest BCUT2D eigenvalue weighted by Gasteiger charge is 2.08. The predicted molar refractivity (Wildman–Crippen MR) is 78.2 cm³/mol. The summed E-state index contributed by atoms with van der Waals surface area (Å²) in [4.78, 5) is 12.2. The summed E-state index contributed by atoms with van der Waals surface area (Å²) in [5, 5.41) is 11.5. The van der Waals surface area contributed by atoms with Crippen LogP contribution in [-0.4, -0.2) is 15.6 Å². The second-order valence-electron chi connectivity index (χ2n) is 4.76. The molecule has 2 rings (SSSR count). The maximum Gasteiger partial charge on any atom is 0.261 e. The molecular weight excluding hydrogens is 254 g/mol. The molecule has 0 atom stereocenters. The van der Waals surface area contributed by atoms with Crippen molar-refractivity contribution in [2.24, 2.45) is 10.9 Å². The number of oxime groups is 1. The van der Waals surface area contributed by atoms with Crippen molar-refractivity contribution in [2.75, 3.05) is 0 Å². The number of hydrogen-bond donors (Lipinski definition) is 2. The first-order valence-electron chi connectivity index (χ1n) is 6.26. The molecule has 104 valence electrons. The highest BCUT2D eigenvalue weighted by Crippen LogP contribution is 2.10. The van der Waals surface area contributed by atoms with Crippen LogP contribution in [0.1, 0.15) is 22.3 Å². The molecular formula is C15H17N3O2. The minimum absolute atomic E-state index is 0.176. The molecule has 0 saturated carbocycles. The Bertz CT molecular complexity index is 717. The summed E-state index contributed by atoms with van der Waals surface area (Å²) in [6.07, 6.45) is 1.69. The maximum atomic E-state index is 12.2. The lowest BCUT2D eigenvalue weighted by Gasteiger charge is -2.09. The van der Waals surface area contributed by atoms with E-state index in [0.29, 0.717) is 6.54 Å². The third-order valence-electron chi connectivity index (χ3n) is 3.33. The number of rotatable bonds is 3. The molecule has 0 radical (unpaired) electrons. The number of benzene rings is 1. The molecule has 0 aliphatic heterocycles. The average molecular weight is 271 g/mol. The van der Waals surface area contributed by atoms with Crippen LogP contribution < -0.4 is 11.3 Å². The zero-order valence-corrected chi connectivity index (χ0v) is 11.5. The van der Waals surface area contributed by atoms with Crippen molar-refractivity contribution in [2.45, 2.75) is 20.4 Å². The number of hydrogen-bond acceptors (Lipinski definition) is 3. The van der Waals surface area contributed by atoms with Crippen LogP contribution in [0.25, 0.3) is 0 Å². The Hall–Kier alpha value is -2.56. The maximum absolute atomic E-state index is 12.2. The van der Waals surface area contributed by atoms with Crippen molar-refractivity contribution in [3.63, 3.8) is 0 Å². The second kappa shape index (κ2) is 5.61. The Morgan fingerprint density at radius 3 is 2.70 bits per heavy atom. The van der Waals surface area contributed by atoms with E-state index in [2.05, 4.69) is 11.2 Å². The third-order valence-corrected chi connectivity index (χ3v) is 3.33. The topological polar surface area (TPSA) is 80.6 Å². The quantitative estimate of drug-likeness (QED) is 0.385. The average Bonchev–Trinajstić information content (AvgIpc) is 2.44. The Morgan fingerprint density at radius 2 is 2.05 bits per heavy atom. The molecule has 0 aliphatic rings. The summed E-state index contributed by atoms with van der Waals surface area (Å²) in [5.74, 6) is -0.176. The zero-order chi connectivity index (χ0) is 14.7. The number of amidine groups is 1. The number of aromatic nitrogens is 1. The fourth-order valence-electron chi connectivity index (χ4n) is 2.01. The fourth-order valence-corrected chi connectivity index (χ4v) is 2.01. The van der Waals surface area contributed by atoms with Gasteiger partial charge in [0.05, 0.1) is 12.1 Å². The van der Waals surface area contributed by atoms with Gasteiger partial charge >= 0.3 is 0 Å². The van der Waals surface area contributed by atoms with Crippen molar-refractivity contribution in [1.29, 1.82) is 0 Å². The van der Waals surface area contributed by atoms with Crippen molar-refractivity contribution in [3.05, 3.63) is 69.1 Å². The fraction of sp³-hybridized carbons (Fsp3) is 0.200. The Morgan fingerprint density at radius 1 is 1.30 bits per heavy atom. The molecule has 0 fully saturated rings. The van der Waals surface area contributed by atoms with E-state index < -0.39 is 0 Å². The standard InChI is InChI=1S/C15H17N3O2/c1-10-5-6-12(8-11(10)2)9-18-7-3-4-13(15(18)19)14(16)17-20/h3-8,20H,9H2,1-2H3,(H2,16,17). The summed E-state index contributed by atoms with van der Waals surface area (Å²) in [6, 6.07) is 9.32. The number of aryl methyl sites for hydroxylation is 2. The molecule has 20 heavy (non-hydrogen) atoms. The van der Waals surface area contributed by atoms with Crippen LogP contribution in [0.4, 0.5) is 0 Å². The van der Waals surface area contributed by atoms with Gasteiger partial charge in [0.1, 0.15) is 0 Å². The van der Waals surface area contributed by atoms with Gasteiger partial charge in [0, 0.05) is 6.20 Å². The molecule has 0 amide bonds. The van der Waals surface area contributed by atoms with E-state index in [9.17, 15) is 4.79 Å². The van der Waals surface area contributed by atoms with Crippen LogP contribution in [0.3, 0.4) is 0 Å². The molecule has 0 unspecified atom stereocenters. The normalized spacial score (nSPS) is 11.6. The van der Waals surface area contributed by atoms with Gasteiger partial charge in [0.2, 0.25) is 0 Å². The summed E-state index contributed by atoms with van der Waals surface area (Å²) in [6.45, 7) is 4.53. The lowest BCUT2D eigenvalue weighted by Crippen LogP contribution is -2.29. The first-order valence-corrected chi connectivity index (χ1v) is 6.26. The van der Waals surface area contributed by atoms with E-state index in [1.807, 2.05) is 26.0 Å². The second-order valence-corrected chi connectivity index (χ2v) is 4.76. The summed E-state index contributed by atoms with van der Waals surface area (Å²) < 4.78 is 1.54. The van der Waals surface area contributed by atoms with Gasteiger partial charge in [-0.3, -0.25) is 4.79 Å². The van der Waals surface area contributed by atoms with Crippen LogP contribution in [0.5, 0.6) is 0 Å². The van der Waals surface area contributed by atoms with E-state index in [0.717, 1.165) is 5.56 Å². The minimum atomic E-state index is -0.277. The minimum Gasteiger partial charge on any atom is -0.409 e. The molecule has 1 aromatic heterocycles. The van der Waals surface area contributed by atoms with Crippen LogP contribution in [0.2, 0.25) is 0 Å². The summed E-state index contributed by atoms with van der Waals surface area (Å²) in [7, 11) is 0. The predicted octanol–water partition coefficient (Wildman–Crippen LogP) is 1.61. The van der Waals surface area contributed by atoms with E-state index in [1.54, 1.807) is 12.3 Å². The molecule has 0 aliphatic carbocycles. The largest absolute Gasteiger partial charge is 0.409 e. The lowest BCUT2D eigenvalue weighted by atomic mass is 10.1. The Balaban J connectivity index is 2.39. The van der Waals surface area contributed by atoms with Gasteiger partial charge in [-0.15, -0.1) is 0 Å². The van der Waals surface area contributed by atoms with Gasteiger partial charge in [-0.25, -0.2) is 0 Å². The van der Waals surface area contributed by atoms with E-state index in [-0.39, 0.29) is 17.0 Å². The molecule has 3 N–H and O–H groups in total. The van der Waals surface area contributed by atoms with E-state index >= 15 is 0 Å². The smallest absolute Gasteiger partial charge is 0.261 e. The van der Waals surface area contributed by atoms with Gasteiger partial charge < -0.3 is 15.5 Å². The van der Waals surface area contributed by atoms with E-state index in [4.69, 9.17) is 10.9 Å². The SMILES string of the molecule is Cc1ccc(Cn2cccc(/C(N)=N/O)c2=O)cc1C. The van der Waals surface area contributed by atoms with Gasteiger partial charge in [0.15, 0.2) is 5.84 Å². The number of nitrogens with two attached hydrogens (primary N) is 1. The molecule has 5 heteroatoms. The Kier molecular flexibility index (Phi) is 3.89. The molecule has 1 heterocycles. The van der Waals surface area contributed by atoms with Gasteiger partial charge in [0.25, 0.3) is 5.56 Å². The van der Waals surface area contributed by atoms with Crippen LogP contribution >= 0.6 is 0 Å². The van der Waals surface area contributed by atoms with Crippen molar-refractivity contribution in [1.82, 2.24) is 4.57 Å². The highest BCUT2D eigenvalue weighted by atomic mass is 16.4. The van der Waals surface area contributed by atoms with Crippen LogP contribution in [0.15, 0.2) is 46.5 Å². The zero-order valence-electron chi connectivity index (χ0n) is 11.5. The molecule has 5 nitrogen and oxygen atoms in total. The summed E-state index contributed by atoms with van der Waals surface area (Å²) in [5.41, 5.74) is 8.84. The molecule has 0 bridgehead atoms.